The van der Waals surface area contributed by atoms with Gasteiger partial charge in [-0.05, 0) is 51.4 Å². The van der Waals surface area contributed by atoms with Gasteiger partial charge >= 0.3 is 19.8 Å². The van der Waals surface area contributed by atoms with E-state index in [4.69, 9.17) is 18.5 Å². The van der Waals surface area contributed by atoms with E-state index in [1.54, 1.807) is 0 Å². The molecule has 0 aliphatic carbocycles. The van der Waals surface area contributed by atoms with Crippen LogP contribution in [0.1, 0.15) is 206 Å². The summed E-state index contributed by atoms with van der Waals surface area (Å²) in [5, 5.41) is 0. The number of quaternary nitrogens is 1. The van der Waals surface area contributed by atoms with Gasteiger partial charge in [0.2, 0.25) is 0 Å². The largest absolute Gasteiger partial charge is 0.472 e. The second-order valence-corrected chi connectivity index (χ2v) is 18.2. The van der Waals surface area contributed by atoms with Gasteiger partial charge in [-0.25, -0.2) is 4.57 Å². The molecule has 1 N–H and O–H groups in total. The highest BCUT2D eigenvalue weighted by Crippen LogP contribution is 2.43. The van der Waals surface area contributed by atoms with Gasteiger partial charge in [0.25, 0.3) is 0 Å². The van der Waals surface area contributed by atoms with Crippen LogP contribution in [0.5, 0.6) is 0 Å². The monoisotopic (exact) mass is 815 g/mol. The number of esters is 2. The molecule has 330 valence electrons. The summed E-state index contributed by atoms with van der Waals surface area (Å²) >= 11 is 0. The van der Waals surface area contributed by atoms with Crippen LogP contribution in [-0.4, -0.2) is 74.9 Å². The van der Waals surface area contributed by atoms with Crippen LogP contribution >= 0.6 is 7.82 Å². The predicted molar refractivity (Wildman–Crippen MR) is 234 cm³/mol. The molecule has 0 fully saturated rings. The van der Waals surface area contributed by atoms with Crippen LogP contribution in [0.15, 0.2) is 24.3 Å². The number of phosphoric acid groups is 1. The van der Waals surface area contributed by atoms with Crippen molar-refractivity contribution in [2.75, 3.05) is 47.5 Å². The third kappa shape index (κ3) is 42.1. The fraction of sp³-hybridized carbons (Fsp3) is 0.870. The van der Waals surface area contributed by atoms with Crippen molar-refractivity contribution >= 4 is 19.8 Å². The van der Waals surface area contributed by atoms with E-state index >= 15 is 0 Å². The summed E-state index contributed by atoms with van der Waals surface area (Å²) in [4.78, 5) is 35.4. The van der Waals surface area contributed by atoms with Crippen LogP contribution in [0.3, 0.4) is 0 Å². The molecule has 0 bridgehead atoms. The van der Waals surface area contributed by atoms with Gasteiger partial charge in [-0.1, -0.05) is 167 Å². The van der Waals surface area contributed by atoms with Crippen molar-refractivity contribution in [3.05, 3.63) is 24.3 Å². The first-order valence-corrected chi connectivity index (χ1v) is 24.6. The number of carbonyl (C=O) groups excluding carboxylic acids is 2. The SMILES string of the molecule is CCCCCC/C=C/CCCCCCCCCCCC(=O)OC[C@H](COP(=O)(O)OCC[N+](C)(C)C)OC(=O)CC/C=C/CCCCCCCCCCCCC. The number of nitrogens with zero attached hydrogens (tertiary/aromatic N) is 1. The summed E-state index contributed by atoms with van der Waals surface area (Å²) < 4.78 is 34.3. The van der Waals surface area contributed by atoms with Gasteiger partial charge in [-0.15, -0.1) is 0 Å². The molecular formula is C46H89NO8P+. The van der Waals surface area contributed by atoms with Gasteiger partial charge < -0.3 is 18.9 Å². The lowest BCUT2D eigenvalue weighted by Crippen LogP contribution is -2.37. The van der Waals surface area contributed by atoms with Crippen LogP contribution in [0, 0.1) is 0 Å². The van der Waals surface area contributed by atoms with Gasteiger partial charge in [-0.3, -0.25) is 18.6 Å². The lowest BCUT2D eigenvalue weighted by molar-refractivity contribution is -0.870. The normalized spacial score (nSPS) is 13.8. The van der Waals surface area contributed by atoms with Crippen molar-refractivity contribution in [3.63, 3.8) is 0 Å². The number of likely N-dealkylation sites (N-methyl/N-ethyl adjacent to an activating group) is 1. The summed E-state index contributed by atoms with van der Waals surface area (Å²) in [6.07, 6.45) is 42.3. The van der Waals surface area contributed by atoms with Crippen molar-refractivity contribution in [1.82, 2.24) is 0 Å². The van der Waals surface area contributed by atoms with E-state index < -0.39 is 26.5 Å². The topological polar surface area (TPSA) is 108 Å². The maximum Gasteiger partial charge on any atom is 0.472 e. The Morgan fingerprint density at radius 3 is 1.41 bits per heavy atom. The molecule has 10 heteroatoms. The molecule has 0 aromatic heterocycles. The summed E-state index contributed by atoms with van der Waals surface area (Å²) in [7, 11) is 1.46. The van der Waals surface area contributed by atoms with E-state index in [0.717, 1.165) is 32.1 Å². The second kappa shape index (κ2) is 39.0. The lowest BCUT2D eigenvalue weighted by Gasteiger charge is -2.24. The molecule has 0 aromatic rings. The maximum absolute atomic E-state index is 12.7. The first-order chi connectivity index (χ1) is 27.0. The van der Waals surface area contributed by atoms with Gasteiger partial charge in [0, 0.05) is 12.8 Å². The average Bonchev–Trinajstić information content (AvgIpc) is 3.15. The predicted octanol–water partition coefficient (Wildman–Crippen LogP) is 13.1. The Bertz CT molecular complexity index is 1010. The van der Waals surface area contributed by atoms with E-state index in [-0.39, 0.29) is 32.0 Å². The molecule has 0 amide bonds. The molecule has 1 unspecified atom stereocenters. The Hall–Kier alpha value is -1.51. The van der Waals surface area contributed by atoms with E-state index in [9.17, 15) is 19.0 Å². The van der Waals surface area contributed by atoms with Crippen LogP contribution in [0.2, 0.25) is 0 Å². The molecule has 0 saturated carbocycles. The Kier molecular flexibility index (Phi) is 37.9. The molecule has 0 rings (SSSR count). The van der Waals surface area contributed by atoms with Crippen molar-refractivity contribution in [2.24, 2.45) is 0 Å². The van der Waals surface area contributed by atoms with E-state index in [1.807, 2.05) is 27.2 Å². The van der Waals surface area contributed by atoms with Gasteiger partial charge in [0.15, 0.2) is 6.10 Å². The van der Waals surface area contributed by atoms with Crippen molar-refractivity contribution < 1.29 is 42.1 Å². The smallest absolute Gasteiger partial charge is 0.462 e. The molecule has 0 heterocycles. The molecule has 0 spiro atoms. The maximum atomic E-state index is 12.7. The van der Waals surface area contributed by atoms with Crippen molar-refractivity contribution in [1.29, 1.82) is 0 Å². The minimum Gasteiger partial charge on any atom is -0.462 e. The summed E-state index contributed by atoms with van der Waals surface area (Å²) in [6.45, 7) is 4.39. The van der Waals surface area contributed by atoms with Crippen molar-refractivity contribution in [3.8, 4) is 0 Å². The zero-order valence-electron chi connectivity index (χ0n) is 37.1. The number of phosphoric ester groups is 1. The number of rotatable bonds is 42. The van der Waals surface area contributed by atoms with E-state index in [1.165, 1.54) is 141 Å². The fourth-order valence-electron chi connectivity index (χ4n) is 6.32. The zero-order chi connectivity index (χ0) is 41.4. The number of hydrogen-bond donors (Lipinski definition) is 1. The Labute approximate surface area is 345 Å². The Morgan fingerprint density at radius 2 is 0.946 bits per heavy atom. The lowest BCUT2D eigenvalue weighted by atomic mass is 10.1. The molecular weight excluding hydrogens is 725 g/mol. The quantitative estimate of drug-likeness (QED) is 0.0213. The molecule has 0 aliphatic rings. The summed E-state index contributed by atoms with van der Waals surface area (Å²) in [6, 6.07) is 0. The highest BCUT2D eigenvalue weighted by atomic mass is 31.2. The second-order valence-electron chi connectivity index (χ2n) is 16.8. The third-order valence-electron chi connectivity index (χ3n) is 9.97. The number of unbranched alkanes of at least 4 members (excludes halogenated alkanes) is 24. The molecule has 2 atom stereocenters. The number of hydrogen-bond acceptors (Lipinski definition) is 7. The van der Waals surface area contributed by atoms with Crippen LogP contribution < -0.4 is 0 Å². The minimum absolute atomic E-state index is 0.0272. The Morgan fingerprint density at radius 1 is 0.536 bits per heavy atom. The van der Waals surface area contributed by atoms with E-state index in [2.05, 4.69) is 32.1 Å². The summed E-state index contributed by atoms with van der Waals surface area (Å²) in [5.74, 6) is -0.851. The molecule has 0 aliphatic heterocycles. The first kappa shape index (κ1) is 54.5. The fourth-order valence-corrected chi connectivity index (χ4v) is 7.06. The van der Waals surface area contributed by atoms with Gasteiger partial charge in [-0.2, -0.15) is 0 Å². The Balaban J connectivity index is 4.35. The molecule has 56 heavy (non-hydrogen) atoms. The number of allylic oxidation sites excluding steroid dienone is 4. The molecule has 0 radical (unpaired) electrons. The number of carbonyl (C=O) groups is 2. The van der Waals surface area contributed by atoms with Gasteiger partial charge in [0.1, 0.15) is 19.8 Å². The van der Waals surface area contributed by atoms with Crippen LogP contribution in [0.4, 0.5) is 0 Å². The summed E-state index contributed by atoms with van der Waals surface area (Å²) in [5.41, 5.74) is 0. The van der Waals surface area contributed by atoms with E-state index in [0.29, 0.717) is 17.4 Å². The minimum atomic E-state index is -4.38. The molecule has 0 saturated heterocycles. The first-order valence-electron chi connectivity index (χ1n) is 23.1. The highest BCUT2D eigenvalue weighted by molar-refractivity contribution is 7.47. The van der Waals surface area contributed by atoms with Gasteiger partial charge in [0.05, 0.1) is 27.7 Å². The molecule has 0 aromatic carbocycles. The van der Waals surface area contributed by atoms with Crippen molar-refractivity contribution in [2.45, 2.75) is 213 Å². The molecule has 9 nitrogen and oxygen atoms in total. The number of ether oxygens (including phenoxy) is 2. The third-order valence-corrected chi connectivity index (χ3v) is 11.0. The zero-order valence-corrected chi connectivity index (χ0v) is 38.0. The van der Waals surface area contributed by atoms with Crippen LogP contribution in [-0.2, 0) is 32.7 Å². The average molecular weight is 815 g/mol. The van der Waals surface area contributed by atoms with Crippen LogP contribution in [0.25, 0.3) is 0 Å². The highest BCUT2D eigenvalue weighted by Gasteiger charge is 2.27. The standard InChI is InChI=1S/C46H88NO8P/c1-6-8-10-12-14-16-18-20-22-23-25-26-28-30-32-34-36-38-45(48)52-42-44(43-54-56(50,51)53-41-40-47(3,4)5)55-46(49)39-37-35-33-31-29-27-24-21-19-17-15-13-11-9-7-2/h16,18,33,35,44H,6-15,17,19-32,34,36-43H2,1-5H3/p+1/b18-16+,35-33+/t44-/m1/s1.